The van der Waals surface area contributed by atoms with Gasteiger partial charge in [0, 0.05) is 18.2 Å². The van der Waals surface area contributed by atoms with Gasteiger partial charge in [0.15, 0.2) is 5.82 Å². The molecule has 2 aromatic rings. The van der Waals surface area contributed by atoms with Crippen LogP contribution in [0.3, 0.4) is 0 Å². The summed E-state index contributed by atoms with van der Waals surface area (Å²) in [5.41, 5.74) is 3.27. The summed E-state index contributed by atoms with van der Waals surface area (Å²) >= 11 is 0. The van der Waals surface area contributed by atoms with Crippen LogP contribution in [0.2, 0.25) is 0 Å². The highest BCUT2D eigenvalue weighted by Gasteiger charge is 2.17. The minimum Gasteiger partial charge on any atom is -0.360 e. The molecular weight excluding hydrogens is 256 g/mol. The lowest BCUT2D eigenvalue weighted by Crippen LogP contribution is -2.19. The van der Waals surface area contributed by atoms with Crippen molar-refractivity contribution in [1.82, 2.24) is 14.9 Å². The van der Waals surface area contributed by atoms with E-state index in [1.807, 2.05) is 32.4 Å². The Labute approximate surface area is 118 Å². The summed E-state index contributed by atoms with van der Waals surface area (Å²) in [7, 11) is 0. The van der Waals surface area contributed by atoms with Crippen molar-refractivity contribution in [2.24, 2.45) is 0 Å². The first-order valence-electron chi connectivity index (χ1n) is 6.64. The lowest BCUT2D eigenvalue weighted by molar-refractivity contribution is -0.116. The Bertz CT molecular complexity index is 627. The molecule has 6 heteroatoms. The van der Waals surface area contributed by atoms with Crippen molar-refractivity contribution in [2.75, 3.05) is 5.32 Å². The molecule has 0 unspecified atom stereocenters. The van der Waals surface area contributed by atoms with E-state index in [1.54, 1.807) is 13.0 Å². The van der Waals surface area contributed by atoms with Crippen molar-refractivity contribution in [3.63, 3.8) is 0 Å². The molecule has 1 amide bonds. The van der Waals surface area contributed by atoms with Crippen LogP contribution in [0.15, 0.2) is 10.6 Å². The van der Waals surface area contributed by atoms with Crippen LogP contribution in [0.5, 0.6) is 0 Å². The van der Waals surface area contributed by atoms with E-state index < -0.39 is 0 Å². The smallest absolute Gasteiger partial charge is 0.227 e. The molecule has 2 aromatic heterocycles. The van der Waals surface area contributed by atoms with Crippen molar-refractivity contribution in [1.29, 1.82) is 0 Å². The van der Waals surface area contributed by atoms with E-state index >= 15 is 0 Å². The highest BCUT2D eigenvalue weighted by molar-refractivity contribution is 5.89. The van der Waals surface area contributed by atoms with Crippen molar-refractivity contribution in [2.45, 2.75) is 47.1 Å². The van der Waals surface area contributed by atoms with E-state index in [2.05, 4.69) is 15.6 Å². The summed E-state index contributed by atoms with van der Waals surface area (Å²) in [6, 6.07) is 1.69. The zero-order valence-corrected chi connectivity index (χ0v) is 12.5. The first kappa shape index (κ1) is 14.3. The number of nitrogens with one attached hydrogen (secondary N) is 1. The highest BCUT2D eigenvalue weighted by Crippen LogP contribution is 2.19. The van der Waals surface area contributed by atoms with Gasteiger partial charge < -0.3 is 9.84 Å². The van der Waals surface area contributed by atoms with Crippen LogP contribution >= 0.6 is 0 Å². The molecule has 0 aliphatic heterocycles. The summed E-state index contributed by atoms with van der Waals surface area (Å²) < 4.78 is 6.81. The van der Waals surface area contributed by atoms with Gasteiger partial charge in [0.05, 0.1) is 11.7 Å². The van der Waals surface area contributed by atoms with Crippen LogP contribution in [0.4, 0.5) is 5.82 Å². The molecule has 0 saturated carbocycles. The number of aromatic nitrogens is 3. The topological polar surface area (TPSA) is 73.0 Å². The van der Waals surface area contributed by atoms with E-state index in [-0.39, 0.29) is 11.9 Å². The second kappa shape index (κ2) is 5.48. The molecule has 0 aliphatic carbocycles. The van der Waals surface area contributed by atoms with Crippen LogP contribution < -0.4 is 5.32 Å². The number of hydrogen-bond donors (Lipinski definition) is 1. The Kier molecular flexibility index (Phi) is 3.92. The van der Waals surface area contributed by atoms with E-state index in [1.165, 1.54) is 5.56 Å². The predicted octanol–water partition coefficient (Wildman–Crippen LogP) is 2.69. The number of aryl methyl sites for hydroxylation is 2. The Morgan fingerprint density at radius 3 is 2.60 bits per heavy atom. The van der Waals surface area contributed by atoms with Gasteiger partial charge in [0.25, 0.3) is 0 Å². The van der Waals surface area contributed by atoms with E-state index in [4.69, 9.17) is 4.52 Å². The number of amides is 1. The van der Waals surface area contributed by atoms with E-state index in [0.717, 1.165) is 11.4 Å². The fourth-order valence-electron chi connectivity index (χ4n) is 2.15. The van der Waals surface area contributed by atoms with Gasteiger partial charge in [0.2, 0.25) is 5.91 Å². The molecule has 6 nitrogen and oxygen atoms in total. The van der Waals surface area contributed by atoms with Crippen LogP contribution in [-0.4, -0.2) is 20.8 Å². The van der Waals surface area contributed by atoms with Crippen LogP contribution in [0.25, 0.3) is 0 Å². The van der Waals surface area contributed by atoms with Gasteiger partial charge in [-0.1, -0.05) is 5.16 Å². The Balaban J connectivity index is 2.02. The Hall–Kier alpha value is -2.11. The van der Waals surface area contributed by atoms with Crippen molar-refractivity contribution < 1.29 is 9.32 Å². The Morgan fingerprint density at radius 1 is 1.40 bits per heavy atom. The number of carbonyl (C=O) groups excluding carboxylic acids is 1. The molecule has 0 radical (unpaired) electrons. The molecule has 0 fully saturated rings. The fraction of sp³-hybridized carbons (Fsp3) is 0.500. The van der Waals surface area contributed by atoms with Gasteiger partial charge in [0.1, 0.15) is 5.76 Å². The van der Waals surface area contributed by atoms with Crippen LogP contribution in [-0.2, 0) is 4.79 Å². The third kappa shape index (κ3) is 2.89. The maximum atomic E-state index is 12.0. The van der Waals surface area contributed by atoms with Gasteiger partial charge in [-0.2, -0.15) is 5.10 Å². The van der Waals surface area contributed by atoms with Gasteiger partial charge in [-0.25, -0.2) is 0 Å². The number of hydrogen-bond acceptors (Lipinski definition) is 4. The number of carbonyl (C=O) groups is 1. The molecular formula is C14H20N4O2. The number of anilines is 1. The first-order valence-corrected chi connectivity index (χ1v) is 6.64. The minimum atomic E-state index is -0.101. The third-order valence-electron chi connectivity index (χ3n) is 3.48. The summed E-state index contributed by atoms with van der Waals surface area (Å²) in [4.78, 5) is 12.0. The van der Waals surface area contributed by atoms with Gasteiger partial charge in [-0.05, 0) is 40.2 Å². The summed E-state index contributed by atoms with van der Waals surface area (Å²) in [6.45, 7) is 9.80. The molecule has 1 atom stereocenters. The molecule has 2 heterocycles. The highest BCUT2D eigenvalue weighted by atomic mass is 16.5. The fourth-order valence-corrected chi connectivity index (χ4v) is 2.15. The molecule has 0 saturated heterocycles. The standard InChI is InChI=1S/C14H20N4O2/c1-8(18-12(5)10(3)11(4)16-18)6-14(19)15-13-7-9(2)20-17-13/h7-8H,6H2,1-5H3,(H,15,17,19)/t8-/m1/s1. The van der Waals surface area contributed by atoms with Gasteiger partial charge >= 0.3 is 0 Å². The summed E-state index contributed by atoms with van der Waals surface area (Å²) in [6.07, 6.45) is 0.341. The average molecular weight is 276 g/mol. The first-order chi connectivity index (χ1) is 9.38. The summed E-state index contributed by atoms with van der Waals surface area (Å²) in [5.74, 6) is 1.02. The van der Waals surface area contributed by atoms with Crippen LogP contribution in [0.1, 0.15) is 42.1 Å². The second-order valence-corrected chi connectivity index (χ2v) is 5.16. The largest absolute Gasteiger partial charge is 0.360 e. The van der Waals surface area contributed by atoms with Crippen molar-refractivity contribution in [3.8, 4) is 0 Å². The normalized spacial score (nSPS) is 12.4. The molecule has 0 aromatic carbocycles. The summed E-state index contributed by atoms with van der Waals surface area (Å²) in [5, 5.41) is 10.9. The molecule has 108 valence electrons. The van der Waals surface area contributed by atoms with E-state index in [9.17, 15) is 4.79 Å². The minimum absolute atomic E-state index is 0.00426. The molecule has 0 aliphatic rings. The zero-order chi connectivity index (χ0) is 14.9. The average Bonchev–Trinajstić information content (AvgIpc) is 2.88. The Morgan fingerprint density at radius 2 is 2.10 bits per heavy atom. The van der Waals surface area contributed by atoms with E-state index in [0.29, 0.717) is 18.0 Å². The molecule has 0 spiro atoms. The maximum Gasteiger partial charge on any atom is 0.227 e. The number of nitrogens with zero attached hydrogens (tertiary/aromatic N) is 3. The maximum absolute atomic E-state index is 12.0. The predicted molar refractivity (Wildman–Crippen MR) is 75.6 cm³/mol. The van der Waals surface area contributed by atoms with Crippen molar-refractivity contribution in [3.05, 3.63) is 28.8 Å². The lowest BCUT2D eigenvalue weighted by Gasteiger charge is -2.13. The quantitative estimate of drug-likeness (QED) is 0.931. The molecule has 1 N–H and O–H groups in total. The number of rotatable bonds is 4. The van der Waals surface area contributed by atoms with Crippen molar-refractivity contribution >= 4 is 11.7 Å². The third-order valence-corrected chi connectivity index (χ3v) is 3.48. The zero-order valence-electron chi connectivity index (χ0n) is 12.5. The monoisotopic (exact) mass is 276 g/mol. The molecule has 0 bridgehead atoms. The van der Waals surface area contributed by atoms with Crippen LogP contribution in [0, 0.1) is 27.7 Å². The molecule has 20 heavy (non-hydrogen) atoms. The van der Waals surface area contributed by atoms with Gasteiger partial charge in [-0.3, -0.25) is 9.48 Å². The molecule has 2 rings (SSSR count). The SMILES string of the molecule is Cc1cc(NC(=O)C[C@@H](C)n2nc(C)c(C)c2C)no1. The second-order valence-electron chi connectivity index (χ2n) is 5.16. The van der Waals surface area contributed by atoms with Gasteiger partial charge in [-0.15, -0.1) is 0 Å². The lowest BCUT2D eigenvalue weighted by atomic mass is 10.2.